The molecular formula is C14H14N2O2S. The molecule has 2 aromatic carbocycles. The molecule has 0 amide bonds. The molecular weight excluding hydrogens is 260 g/mol. The lowest BCUT2D eigenvalue weighted by molar-refractivity contribution is 0.595. The van der Waals surface area contributed by atoms with E-state index in [2.05, 4.69) is 0 Å². The first-order valence-electron chi connectivity index (χ1n) is 5.95. The molecule has 0 atom stereocenters. The SMILES string of the molecule is CCN(c1cccc2ccccc12)S(=O)(=O)CC#N. The maximum atomic E-state index is 12.1. The molecule has 5 heteroatoms. The first-order valence-corrected chi connectivity index (χ1v) is 7.56. The molecule has 0 aromatic heterocycles. The van der Waals surface area contributed by atoms with Crippen LogP contribution in [0.4, 0.5) is 5.69 Å². The quantitative estimate of drug-likeness (QED) is 0.860. The Morgan fingerprint density at radius 1 is 1.16 bits per heavy atom. The standard InChI is InChI=1S/C14H14N2O2S/c1-2-16(19(17,18)11-10-15)14-9-5-7-12-6-3-4-8-13(12)14/h3-9H,2,11H2,1H3. The molecule has 2 rings (SSSR count). The lowest BCUT2D eigenvalue weighted by Gasteiger charge is -2.23. The van der Waals surface area contributed by atoms with Crippen molar-refractivity contribution < 1.29 is 8.42 Å². The summed E-state index contributed by atoms with van der Waals surface area (Å²) < 4.78 is 25.5. The second kappa shape index (κ2) is 5.29. The van der Waals surface area contributed by atoms with Gasteiger partial charge in [0.1, 0.15) is 0 Å². The Morgan fingerprint density at radius 2 is 1.84 bits per heavy atom. The minimum atomic E-state index is -3.59. The summed E-state index contributed by atoms with van der Waals surface area (Å²) in [5, 5.41) is 10.5. The van der Waals surface area contributed by atoms with Gasteiger partial charge in [-0.1, -0.05) is 36.4 Å². The number of anilines is 1. The third kappa shape index (κ3) is 2.54. The van der Waals surface area contributed by atoms with Crippen molar-refractivity contribution in [2.45, 2.75) is 6.92 Å². The highest BCUT2D eigenvalue weighted by Gasteiger charge is 2.21. The van der Waals surface area contributed by atoms with E-state index in [-0.39, 0.29) is 0 Å². The van der Waals surface area contributed by atoms with Gasteiger partial charge in [-0.2, -0.15) is 5.26 Å². The van der Waals surface area contributed by atoms with Crippen molar-refractivity contribution in [2.75, 3.05) is 16.6 Å². The lowest BCUT2D eigenvalue weighted by atomic mass is 10.1. The number of hydrogen-bond donors (Lipinski definition) is 0. The van der Waals surface area contributed by atoms with Crippen LogP contribution in [0, 0.1) is 11.3 Å². The van der Waals surface area contributed by atoms with Crippen LogP contribution in [0.25, 0.3) is 10.8 Å². The molecule has 0 fully saturated rings. The van der Waals surface area contributed by atoms with Crippen molar-refractivity contribution in [3.63, 3.8) is 0 Å². The molecule has 0 N–H and O–H groups in total. The van der Waals surface area contributed by atoms with Gasteiger partial charge < -0.3 is 0 Å². The number of sulfonamides is 1. The number of nitrogens with zero attached hydrogens (tertiary/aromatic N) is 2. The summed E-state index contributed by atoms with van der Waals surface area (Å²) in [4.78, 5) is 0. The summed E-state index contributed by atoms with van der Waals surface area (Å²) in [5.41, 5.74) is 0.621. The Morgan fingerprint density at radius 3 is 2.53 bits per heavy atom. The highest BCUT2D eigenvalue weighted by Crippen LogP contribution is 2.28. The molecule has 0 spiro atoms. The second-order valence-corrected chi connectivity index (χ2v) is 5.97. The molecule has 0 bridgehead atoms. The Hall–Kier alpha value is -2.06. The Balaban J connectivity index is 2.63. The molecule has 98 valence electrons. The van der Waals surface area contributed by atoms with E-state index in [1.54, 1.807) is 19.1 Å². The predicted octanol–water partition coefficient (Wildman–Crippen LogP) is 2.52. The number of hydrogen-bond acceptors (Lipinski definition) is 3. The minimum Gasteiger partial charge on any atom is -0.269 e. The molecule has 0 aliphatic carbocycles. The maximum Gasteiger partial charge on any atom is 0.248 e. The van der Waals surface area contributed by atoms with Gasteiger partial charge in [-0.05, 0) is 18.4 Å². The van der Waals surface area contributed by atoms with Crippen LogP contribution in [-0.4, -0.2) is 20.7 Å². The van der Waals surface area contributed by atoms with Crippen molar-refractivity contribution >= 4 is 26.5 Å². The van der Waals surface area contributed by atoms with Gasteiger partial charge in [0.2, 0.25) is 10.0 Å². The lowest BCUT2D eigenvalue weighted by Crippen LogP contribution is -2.32. The van der Waals surface area contributed by atoms with Crippen molar-refractivity contribution in [1.29, 1.82) is 5.26 Å². The second-order valence-electron chi connectivity index (χ2n) is 4.08. The fourth-order valence-electron chi connectivity index (χ4n) is 2.10. The van der Waals surface area contributed by atoms with Gasteiger partial charge in [0.15, 0.2) is 5.75 Å². The smallest absolute Gasteiger partial charge is 0.248 e. The highest BCUT2D eigenvalue weighted by atomic mass is 32.2. The predicted molar refractivity (Wildman–Crippen MR) is 76.4 cm³/mol. The molecule has 0 saturated carbocycles. The number of fused-ring (bicyclic) bond motifs is 1. The van der Waals surface area contributed by atoms with Gasteiger partial charge in [-0.3, -0.25) is 4.31 Å². The summed E-state index contributed by atoms with van der Waals surface area (Å²) in [6.07, 6.45) is 0. The van der Waals surface area contributed by atoms with Crippen molar-refractivity contribution in [2.24, 2.45) is 0 Å². The molecule has 2 aromatic rings. The van der Waals surface area contributed by atoms with Gasteiger partial charge in [-0.15, -0.1) is 0 Å². The van der Waals surface area contributed by atoms with Gasteiger partial charge in [0.25, 0.3) is 0 Å². The van der Waals surface area contributed by atoms with Crippen LogP contribution in [-0.2, 0) is 10.0 Å². The molecule has 0 heterocycles. The van der Waals surface area contributed by atoms with Gasteiger partial charge >= 0.3 is 0 Å². The van der Waals surface area contributed by atoms with E-state index in [0.717, 1.165) is 10.8 Å². The summed E-state index contributed by atoms with van der Waals surface area (Å²) >= 11 is 0. The van der Waals surface area contributed by atoms with Crippen LogP contribution in [0.1, 0.15) is 6.92 Å². The molecule has 19 heavy (non-hydrogen) atoms. The van der Waals surface area contributed by atoms with Crippen LogP contribution < -0.4 is 4.31 Å². The number of rotatable bonds is 4. The van der Waals surface area contributed by atoms with Crippen LogP contribution in [0.3, 0.4) is 0 Å². The molecule has 0 radical (unpaired) electrons. The normalized spacial score (nSPS) is 11.2. The minimum absolute atomic E-state index is 0.304. The van der Waals surface area contributed by atoms with Crippen molar-refractivity contribution in [3.8, 4) is 6.07 Å². The first-order chi connectivity index (χ1) is 9.10. The fourth-order valence-corrected chi connectivity index (χ4v) is 3.27. The zero-order chi connectivity index (χ0) is 13.9. The first kappa shape index (κ1) is 13.4. The zero-order valence-corrected chi connectivity index (χ0v) is 11.4. The average molecular weight is 274 g/mol. The zero-order valence-electron chi connectivity index (χ0n) is 10.6. The maximum absolute atomic E-state index is 12.1. The fraction of sp³-hybridized carbons (Fsp3) is 0.214. The van der Waals surface area contributed by atoms with E-state index in [0.29, 0.717) is 12.2 Å². The van der Waals surface area contributed by atoms with Crippen LogP contribution in [0.15, 0.2) is 42.5 Å². The van der Waals surface area contributed by atoms with E-state index >= 15 is 0 Å². The number of nitriles is 1. The molecule has 0 aliphatic heterocycles. The molecule has 0 aliphatic rings. The van der Waals surface area contributed by atoms with E-state index in [9.17, 15) is 8.42 Å². The third-order valence-corrected chi connectivity index (χ3v) is 4.53. The van der Waals surface area contributed by atoms with Crippen molar-refractivity contribution in [1.82, 2.24) is 0 Å². The molecule has 0 unspecified atom stereocenters. The van der Waals surface area contributed by atoms with Gasteiger partial charge in [0, 0.05) is 11.9 Å². The average Bonchev–Trinajstić information content (AvgIpc) is 2.39. The van der Waals surface area contributed by atoms with E-state index < -0.39 is 15.8 Å². The van der Waals surface area contributed by atoms with Gasteiger partial charge in [-0.25, -0.2) is 8.42 Å². The summed E-state index contributed by atoms with van der Waals surface area (Å²) in [6.45, 7) is 2.06. The molecule has 4 nitrogen and oxygen atoms in total. The summed E-state index contributed by atoms with van der Waals surface area (Å²) in [5.74, 6) is -0.510. The highest BCUT2D eigenvalue weighted by molar-refractivity contribution is 7.93. The van der Waals surface area contributed by atoms with Crippen LogP contribution >= 0.6 is 0 Å². The van der Waals surface area contributed by atoms with Crippen LogP contribution in [0.2, 0.25) is 0 Å². The van der Waals surface area contributed by atoms with Gasteiger partial charge in [0.05, 0.1) is 11.8 Å². The summed E-state index contributed by atoms with van der Waals surface area (Å²) in [6, 6.07) is 14.8. The van der Waals surface area contributed by atoms with E-state index in [1.165, 1.54) is 4.31 Å². The summed E-state index contributed by atoms with van der Waals surface area (Å²) in [7, 11) is -3.59. The topological polar surface area (TPSA) is 61.2 Å². The Bertz CT molecular complexity index is 727. The third-order valence-electron chi connectivity index (χ3n) is 2.91. The van der Waals surface area contributed by atoms with E-state index in [1.807, 2.05) is 36.4 Å². The largest absolute Gasteiger partial charge is 0.269 e. The van der Waals surface area contributed by atoms with Crippen LogP contribution in [0.5, 0.6) is 0 Å². The Kier molecular flexibility index (Phi) is 3.72. The van der Waals surface area contributed by atoms with Crippen molar-refractivity contribution in [3.05, 3.63) is 42.5 Å². The number of benzene rings is 2. The van der Waals surface area contributed by atoms with E-state index in [4.69, 9.17) is 5.26 Å². The monoisotopic (exact) mass is 274 g/mol. The Labute approximate surface area is 112 Å². The molecule has 0 saturated heterocycles.